The number of halogens is 2. The third kappa shape index (κ3) is 5.65. The number of benzene rings is 1. The standard InChI is InChI=1S/C21H29F2N3O3/c1-29-19-10-16(9-17(23)11-19)21(28)24-13-15-4-7-25(8-5-15)14-20(27)26-6-2-3-18(26)12-22/h9-11,15,18H,2-8,12-14H2,1H3,(H,24,28)/t18-/m0/s1. The van der Waals surface area contributed by atoms with Crippen molar-refractivity contribution in [3.05, 3.63) is 29.6 Å². The van der Waals surface area contributed by atoms with E-state index in [0.29, 0.717) is 31.3 Å². The molecule has 1 N–H and O–H groups in total. The van der Waals surface area contributed by atoms with Gasteiger partial charge in [-0.3, -0.25) is 14.5 Å². The average molecular weight is 409 g/mol. The Morgan fingerprint density at radius 1 is 1.17 bits per heavy atom. The fraction of sp³-hybridized carbons (Fsp3) is 0.619. The van der Waals surface area contributed by atoms with Crippen molar-refractivity contribution >= 4 is 11.8 Å². The number of methoxy groups -OCH3 is 1. The first-order chi connectivity index (χ1) is 14.0. The van der Waals surface area contributed by atoms with Gasteiger partial charge in [0.05, 0.1) is 19.7 Å². The van der Waals surface area contributed by atoms with Crippen molar-refractivity contribution in [3.8, 4) is 5.75 Å². The number of ether oxygens (including phenoxy) is 1. The van der Waals surface area contributed by atoms with Gasteiger partial charge in [0, 0.05) is 24.7 Å². The fourth-order valence-corrected chi connectivity index (χ4v) is 4.11. The number of nitrogens with one attached hydrogen (secondary N) is 1. The molecule has 2 amide bonds. The Balaban J connectivity index is 1.41. The summed E-state index contributed by atoms with van der Waals surface area (Å²) in [6.45, 7) is 2.57. The van der Waals surface area contributed by atoms with Crippen molar-refractivity contribution < 1.29 is 23.1 Å². The van der Waals surface area contributed by atoms with E-state index in [1.165, 1.54) is 25.3 Å². The second-order valence-electron chi connectivity index (χ2n) is 7.85. The van der Waals surface area contributed by atoms with Crippen molar-refractivity contribution in [3.63, 3.8) is 0 Å². The SMILES string of the molecule is COc1cc(F)cc(C(=O)NCC2CCN(CC(=O)N3CCC[C@H]3CF)CC2)c1. The minimum Gasteiger partial charge on any atom is -0.497 e. The number of alkyl halides is 1. The molecule has 8 heteroatoms. The van der Waals surface area contributed by atoms with Crippen molar-refractivity contribution in [2.24, 2.45) is 5.92 Å². The van der Waals surface area contributed by atoms with E-state index in [9.17, 15) is 18.4 Å². The molecule has 0 spiro atoms. The molecule has 1 aromatic carbocycles. The van der Waals surface area contributed by atoms with Crippen molar-refractivity contribution in [2.45, 2.75) is 31.7 Å². The van der Waals surface area contributed by atoms with Crippen LogP contribution in [0.2, 0.25) is 0 Å². The number of carbonyl (C=O) groups excluding carboxylic acids is 2. The van der Waals surface area contributed by atoms with E-state index in [2.05, 4.69) is 10.2 Å². The molecule has 2 heterocycles. The van der Waals surface area contributed by atoms with Crippen molar-refractivity contribution in [2.75, 3.05) is 46.5 Å². The number of rotatable bonds is 7. The van der Waals surface area contributed by atoms with Gasteiger partial charge in [0.25, 0.3) is 5.91 Å². The average Bonchev–Trinajstić information content (AvgIpc) is 3.21. The lowest BCUT2D eigenvalue weighted by atomic mass is 9.96. The van der Waals surface area contributed by atoms with E-state index in [1.807, 2.05) is 0 Å². The van der Waals surface area contributed by atoms with E-state index in [0.717, 1.165) is 38.8 Å². The molecule has 2 aliphatic heterocycles. The Hall–Kier alpha value is -2.22. The van der Waals surface area contributed by atoms with Gasteiger partial charge in [0.15, 0.2) is 0 Å². The summed E-state index contributed by atoms with van der Waals surface area (Å²) in [6.07, 6.45) is 3.36. The van der Waals surface area contributed by atoms with Gasteiger partial charge in [-0.25, -0.2) is 8.78 Å². The zero-order valence-corrected chi connectivity index (χ0v) is 16.8. The summed E-state index contributed by atoms with van der Waals surface area (Å²) in [7, 11) is 1.43. The minimum absolute atomic E-state index is 0.0111. The Kier molecular flexibility index (Phi) is 7.41. The highest BCUT2D eigenvalue weighted by Crippen LogP contribution is 2.21. The van der Waals surface area contributed by atoms with Gasteiger partial charge in [-0.15, -0.1) is 0 Å². The maximum Gasteiger partial charge on any atom is 0.251 e. The third-order valence-corrected chi connectivity index (χ3v) is 5.86. The molecule has 0 bridgehead atoms. The molecule has 29 heavy (non-hydrogen) atoms. The molecular formula is C21H29F2N3O3. The highest BCUT2D eigenvalue weighted by Gasteiger charge is 2.30. The van der Waals surface area contributed by atoms with Crippen LogP contribution >= 0.6 is 0 Å². The van der Waals surface area contributed by atoms with Crippen LogP contribution in [0.1, 0.15) is 36.0 Å². The summed E-state index contributed by atoms with van der Waals surface area (Å²) < 4.78 is 31.6. The van der Waals surface area contributed by atoms with E-state index in [4.69, 9.17) is 4.74 Å². The van der Waals surface area contributed by atoms with Gasteiger partial charge < -0.3 is 15.0 Å². The van der Waals surface area contributed by atoms with Gasteiger partial charge in [-0.1, -0.05) is 0 Å². The topological polar surface area (TPSA) is 61.9 Å². The Bertz CT molecular complexity index is 723. The van der Waals surface area contributed by atoms with Gasteiger partial charge in [-0.05, 0) is 56.8 Å². The number of carbonyl (C=O) groups is 2. The molecule has 0 aliphatic carbocycles. The van der Waals surface area contributed by atoms with E-state index in [-0.39, 0.29) is 23.4 Å². The van der Waals surface area contributed by atoms with Crippen LogP contribution in [0, 0.1) is 11.7 Å². The molecule has 0 radical (unpaired) electrons. The largest absolute Gasteiger partial charge is 0.497 e. The summed E-state index contributed by atoms with van der Waals surface area (Å²) in [4.78, 5) is 28.5. The Morgan fingerprint density at radius 3 is 2.62 bits per heavy atom. The zero-order chi connectivity index (χ0) is 20.8. The van der Waals surface area contributed by atoms with Gasteiger partial charge in [0.2, 0.25) is 5.91 Å². The monoisotopic (exact) mass is 409 g/mol. The summed E-state index contributed by atoms with van der Waals surface area (Å²) >= 11 is 0. The molecular weight excluding hydrogens is 380 g/mol. The summed E-state index contributed by atoms with van der Waals surface area (Å²) in [5.41, 5.74) is 0.234. The van der Waals surface area contributed by atoms with Gasteiger partial charge >= 0.3 is 0 Å². The number of piperidine rings is 1. The summed E-state index contributed by atoms with van der Waals surface area (Å²) in [5.74, 6) is -0.212. The summed E-state index contributed by atoms with van der Waals surface area (Å²) in [5, 5.41) is 2.86. The van der Waals surface area contributed by atoms with Gasteiger partial charge in [0.1, 0.15) is 18.2 Å². The van der Waals surface area contributed by atoms with Crippen LogP contribution in [0.4, 0.5) is 8.78 Å². The highest BCUT2D eigenvalue weighted by molar-refractivity contribution is 5.94. The van der Waals surface area contributed by atoms with Crippen LogP contribution in [0.25, 0.3) is 0 Å². The fourth-order valence-electron chi connectivity index (χ4n) is 4.11. The predicted octanol–water partition coefficient (Wildman–Crippen LogP) is 2.24. The van der Waals surface area contributed by atoms with Crippen LogP contribution in [0.15, 0.2) is 18.2 Å². The number of amides is 2. The van der Waals surface area contributed by atoms with Crippen LogP contribution < -0.4 is 10.1 Å². The zero-order valence-electron chi connectivity index (χ0n) is 16.8. The Labute approximate surface area is 170 Å². The second kappa shape index (κ2) is 10.0. The Morgan fingerprint density at radius 2 is 1.93 bits per heavy atom. The lowest BCUT2D eigenvalue weighted by Crippen LogP contribution is -2.46. The molecule has 2 saturated heterocycles. The minimum atomic E-state index is -0.513. The van der Waals surface area contributed by atoms with E-state index < -0.39 is 12.5 Å². The lowest BCUT2D eigenvalue weighted by Gasteiger charge is -2.33. The molecule has 6 nitrogen and oxygen atoms in total. The second-order valence-corrected chi connectivity index (χ2v) is 7.85. The first-order valence-corrected chi connectivity index (χ1v) is 10.2. The van der Waals surface area contributed by atoms with Crippen LogP contribution in [-0.2, 0) is 4.79 Å². The maximum absolute atomic E-state index is 13.6. The number of likely N-dealkylation sites (tertiary alicyclic amines) is 2. The maximum atomic E-state index is 13.6. The smallest absolute Gasteiger partial charge is 0.251 e. The van der Waals surface area contributed by atoms with E-state index in [1.54, 1.807) is 4.90 Å². The first kappa shape index (κ1) is 21.5. The molecule has 2 aliphatic rings. The quantitative estimate of drug-likeness (QED) is 0.750. The number of nitrogens with zero attached hydrogens (tertiary/aromatic N) is 2. The van der Waals surface area contributed by atoms with Crippen LogP contribution in [0.5, 0.6) is 5.75 Å². The normalized spacial score (nSPS) is 20.7. The van der Waals surface area contributed by atoms with Crippen molar-refractivity contribution in [1.29, 1.82) is 0 Å². The highest BCUT2D eigenvalue weighted by atomic mass is 19.1. The van der Waals surface area contributed by atoms with Crippen molar-refractivity contribution in [1.82, 2.24) is 15.1 Å². The molecule has 1 atom stereocenters. The van der Waals surface area contributed by atoms with Crippen LogP contribution in [-0.4, -0.2) is 74.2 Å². The van der Waals surface area contributed by atoms with Crippen LogP contribution in [0.3, 0.4) is 0 Å². The molecule has 3 rings (SSSR count). The molecule has 0 aromatic heterocycles. The van der Waals surface area contributed by atoms with E-state index >= 15 is 0 Å². The number of hydrogen-bond donors (Lipinski definition) is 1. The lowest BCUT2D eigenvalue weighted by molar-refractivity contribution is -0.133. The molecule has 160 valence electrons. The molecule has 0 unspecified atom stereocenters. The summed E-state index contributed by atoms with van der Waals surface area (Å²) in [6, 6.07) is 3.67. The van der Waals surface area contributed by atoms with Gasteiger partial charge in [-0.2, -0.15) is 0 Å². The number of hydrogen-bond acceptors (Lipinski definition) is 4. The molecule has 2 fully saturated rings. The molecule has 1 aromatic rings. The molecule has 0 saturated carbocycles. The third-order valence-electron chi connectivity index (χ3n) is 5.86. The first-order valence-electron chi connectivity index (χ1n) is 10.2. The predicted molar refractivity (Wildman–Crippen MR) is 105 cm³/mol.